The van der Waals surface area contributed by atoms with Crippen LogP contribution in [0.4, 0.5) is 0 Å². The Bertz CT molecular complexity index is 307. The Morgan fingerprint density at radius 2 is 2.07 bits per heavy atom. The predicted octanol–water partition coefficient (Wildman–Crippen LogP) is 2.51. The topological polar surface area (TPSA) is 21.3 Å². The van der Waals surface area contributed by atoms with Crippen LogP contribution in [0, 0.1) is 6.92 Å². The highest BCUT2D eigenvalue weighted by molar-refractivity contribution is 5.21. The second-order valence-electron chi connectivity index (χ2n) is 4.56. The largest absolute Gasteiger partial charge is 0.377 e. The quantitative estimate of drug-likeness (QED) is 0.801. The molecule has 0 saturated heterocycles. The van der Waals surface area contributed by atoms with Gasteiger partial charge in [0.1, 0.15) is 0 Å². The summed E-state index contributed by atoms with van der Waals surface area (Å²) in [5.74, 6) is 0. The molecule has 0 atom stereocenters. The van der Waals surface area contributed by atoms with E-state index in [-0.39, 0.29) is 5.60 Å². The Morgan fingerprint density at radius 3 is 2.67 bits per heavy atom. The minimum Gasteiger partial charge on any atom is -0.377 e. The van der Waals surface area contributed by atoms with Crippen molar-refractivity contribution in [1.82, 2.24) is 5.32 Å². The lowest BCUT2D eigenvalue weighted by molar-refractivity contribution is 0.0231. The maximum Gasteiger partial charge on any atom is 0.0746 e. The number of hydrogen-bond donors (Lipinski definition) is 1. The van der Waals surface area contributed by atoms with Gasteiger partial charge in [0.05, 0.1) is 5.60 Å². The van der Waals surface area contributed by atoms with Gasteiger partial charge in [0.15, 0.2) is 0 Å². The summed E-state index contributed by atoms with van der Waals surface area (Å²) < 4.78 is 5.34. The molecule has 0 radical (unpaired) electrons. The molecule has 0 aliphatic rings. The zero-order valence-electron chi connectivity index (χ0n) is 10.1. The monoisotopic (exact) mass is 207 g/mol. The molecule has 2 heteroatoms. The van der Waals surface area contributed by atoms with Crippen LogP contribution < -0.4 is 5.32 Å². The molecular formula is C13H21NO. The first-order valence-electron chi connectivity index (χ1n) is 5.35. The van der Waals surface area contributed by atoms with E-state index in [4.69, 9.17) is 4.74 Å². The molecule has 0 aliphatic carbocycles. The van der Waals surface area contributed by atoms with E-state index in [2.05, 4.69) is 50.4 Å². The molecule has 1 rings (SSSR count). The summed E-state index contributed by atoms with van der Waals surface area (Å²) in [5.41, 5.74) is 2.53. The van der Waals surface area contributed by atoms with Crippen molar-refractivity contribution in [3.63, 3.8) is 0 Å². The molecule has 0 bridgehead atoms. The van der Waals surface area contributed by atoms with E-state index < -0.39 is 0 Å². The smallest absolute Gasteiger partial charge is 0.0746 e. The Kier molecular flexibility index (Phi) is 4.30. The minimum atomic E-state index is -0.0934. The second kappa shape index (κ2) is 5.29. The fourth-order valence-corrected chi connectivity index (χ4v) is 1.40. The molecule has 0 heterocycles. The van der Waals surface area contributed by atoms with Crippen molar-refractivity contribution in [2.45, 2.75) is 32.9 Å². The molecule has 0 aromatic heterocycles. The fourth-order valence-electron chi connectivity index (χ4n) is 1.40. The zero-order valence-corrected chi connectivity index (χ0v) is 10.1. The first-order valence-corrected chi connectivity index (χ1v) is 5.35. The van der Waals surface area contributed by atoms with Crippen molar-refractivity contribution in [2.24, 2.45) is 0 Å². The molecule has 1 N–H and O–H groups in total. The summed E-state index contributed by atoms with van der Waals surface area (Å²) in [6, 6.07) is 8.54. The van der Waals surface area contributed by atoms with Gasteiger partial charge in [0, 0.05) is 20.2 Å². The van der Waals surface area contributed by atoms with E-state index in [0.29, 0.717) is 0 Å². The molecule has 2 nitrogen and oxygen atoms in total. The van der Waals surface area contributed by atoms with Crippen LogP contribution in [0.5, 0.6) is 0 Å². The Labute approximate surface area is 92.6 Å². The van der Waals surface area contributed by atoms with Crippen LogP contribution >= 0.6 is 0 Å². The van der Waals surface area contributed by atoms with Crippen molar-refractivity contribution in [2.75, 3.05) is 13.7 Å². The number of ether oxygens (including phenoxy) is 1. The maximum absolute atomic E-state index is 5.34. The van der Waals surface area contributed by atoms with Crippen molar-refractivity contribution in [1.29, 1.82) is 0 Å². The molecule has 1 aromatic rings. The fraction of sp³-hybridized carbons (Fsp3) is 0.538. The summed E-state index contributed by atoms with van der Waals surface area (Å²) in [6.45, 7) is 8.03. The summed E-state index contributed by atoms with van der Waals surface area (Å²) in [7, 11) is 1.74. The summed E-state index contributed by atoms with van der Waals surface area (Å²) in [6.07, 6.45) is 0. The molecule has 0 fully saturated rings. The number of methoxy groups -OCH3 is 1. The first kappa shape index (κ1) is 12.2. The molecule has 1 aromatic carbocycles. The third-order valence-corrected chi connectivity index (χ3v) is 2.51. The van der Waals surface area contributed by atoms with Gasteiger partial charge in [-0.25, -0.2) is 0 Å². The van der Waals surface area contributed by atoms with Crippen LogP contribution in [-0.2, 0) is 11.3 Å². The van der Waals surface area contributed by atoms with E-state index in [1.54, 1.807) is 7.11 Å². The lowest BCUT2D eigenvalue weighted by Crippen LogP contribution is -2.36. The zero-order chi connectivity index (χ0) is 11.3. The van der Waals surface area contributed by atoms with E-state index in [1.807, 2.05) is 0 Å². The molecule has 0 unspecified atom stereocenters. The highest BCUT2D eigenvalue weighted by Gasteiger charge is 2.14. The van der Waals surface area contributed by atoms with Gasteiger partial charge in [-0.2, -0.15) is 0 Å². The van der Waals surface area contributed by atoms with Gasteiger partial charge in [-0.3, -0.25) is 0 Å². The van der Waals surface area contributed by atoms with E-state index >= 15 is 0 Å². The lowest BCUT2D eigenvalue weighted by atomic mass is 10.1. The number of nitrogens with one attached hydrogen (secondary N) is 1. The Morgan fingerprint density at radius 1 is 1.33 bits per heavy atom. The van der Waals surface area contributed by atoms with E-state index in [0.717, 1.165) is 13.1 Å². The molecule has 0 aliphatic heterocycles. The Hall–Kier alpha value is -0.860. The number of benzene rings is 1. The van der Waals surface area contributed by atoms with Gasteiger partial charge < -0.3 is 10.1 Å². The van der Waals surface area contributed by atoms with E-state index in [9.17, 15) is 0 Å². The highest BCUT2D eigenvalue weighted by atomic mass is 16.5. The van der Waals surface area contributed by atoms with Gasteiger partial charge >= 0.3 is 0 Å². The van der Waals surface area contributed by atoms with E-state index in [1.165, 1.54) is 11.1 Å². The molecular weight excluding hydrogens is 186 g/mol. The molecule has 0 spiro atoms. The minimum absolute atomic E-state index is 0.0934. The number of hydrogen-bond acceptors (Lipinski definition) is 2. The highest BCUT2D eigenvalue weighted by Crippen LogP contribution is 2.07. The maximum atomic E-state index is 5.34. The van der Waals surface area contributed by atoms with Gasteiger partial charge in [0.2, 0.25) is 0 Å². The summed E-state index contributed by atoms with van der Waals surface area (Å²) in [4.78, 5) is 0. The van der Waals surface area contributed by atoms with Crippen LogP contribution in [0.2, 0.25) is 0 Å². The third-order valence-electron chi connectivity index (χ3n) is 2.51. The molecule has 0 amide bonds. The second-order valence-corrected chi connectivity index (χ2v) is 4.56. The lowest BCUT2D eigenvalue weighted by Gasteiger charge is -2.23. The Balaban J connectivity index is 2.38. The van der Waals surface area contributed by atoms with Gasteiger partial charge in [-0.1, -0.05) is 29.8 Å². The van der Waals surface area contributed by atoms with Crippen LogP contribution in [0.15, 0.2) is 24.3 Å². The van der Waals surface area contributed by atoms with Crippen molar-refractivity contribution in [3.05, 3.63) is 35.4 Å². The molecule has 15 heavy (non-hydrogen) atoms. The van der Waals surface area contributed by atoms with Gasteiger partial charge in [-0.05, 0) is 26.3 Å². The normalized spacial score (nSPS) is 11.7. The average Bonchev–Trinajstić information content (AvgIpc) is 2.18. The van der Waals surface area contributed by atoms with Crippen LogP contribution in [-0.4, -0.2) is 19.3 Å². The number of aryl methyl sites for hydroxylation is 1. The van der Waals surface area contributed by atoms with Crippen LogP contribution in [0.25, 0.3) is 0 Å². The van der Waals surface area contributed by atoms with Crippen LogP contribution in [0.3, 0.4) is 0 Å². The SMILES string of the molecule is COC(C)(C)CNCc1cccc(C)c1. The summed E-state index contributed by atoms with van der Waals surface area (Å²) in [5, 5.41) is 3.40. The van der Waals surface area contributed by atoms with Gasteiger partial charge in [-0.15, -0.1) is 0 Å². The average molecular weight is 207 g/mol. The van der Waals surface area contributed by atoms with Crippen molar-refractivity contribution < 1.29 is 4.74 Å². The van der Waals surface area contributed by atoms with Gasteiger partial charge in [0.25, 0.3) is 0 Å². The standard InChI is InChI=1S/C13H21NO/c1-11-6-5-7-12(8-11)9-14-10-13(2,3)15-4/h5-8,14H,9-10H2,1-4H3. The van der Waals surface area contributed by atoms with Crippen LogP contribution in [0.1, 0.15) is 25.0 Å². The predicted molar refractivity (Wildman–Crippen MR) is 64.0 cm³/mol. The first-order chi connectivity index (χ1) is 7.03. The third kappa shape index (κ3) is 4.45. The molecule has 84 valence electrons. The molecule has 0 saturated carbocycles. The summed E-state index contributed by atoms with van der Waals surface area (Å²) >= 11 is 0. The van der Waals surface area contributed by atoms with Crippen molar-refractivity contribution >= 4 is 0 Å². The number of rotatable bonds is 5. The van der Waals surface area contributed by atoms with Crippen molar-refractivity contribution in [3.8, 4) is 0 Å².